The monoisotopic (exact) mass is 408 g/mol. The maximum absolute atomic E-state index is 12.8. The van der Waals surface area contributed by atoms with Crippen LogP contribution < -0.4 is 10.6 Å². The molecule has 0 aliphatic rings. The molecule has 0 unspecified atom stereocenters. The number of hydrogen-bond donors (Lipinski definition) is 2. The van der Waals surface area contributed by atoms with Crippen LogP contribution in [0, 0.1) is 13.8 Å². The van der Waals surface area contributed by atoms with Gasteiger partial charge in [-0.15, -0.1) is 0 Å². The van der Waals surface area contributed by atoms with E-state index in [1.54, 1.807) is 12.1 Å². The van der Waals surface area contributed by atoms with Gasteiger partial charge in [-0.25, -0.2) is 13.2 Å². The predicted octanol–water partition coefficient (Wildman–Crippen LogP) is 4.60. The largest absolute Gasteiger partial charge is 0.334 e. The number of urea groups is 1. The number of sulfone groups is 1. The van der Waals surface area contributed by atoms with Crippen molar-refractivity contribution >= 4 is 21.6 Å². The van der Waals surface area contributed by atoms with Crippen molar-refractivity contribution in [2.75, 3.05) is 5.32 Å². The van der Waals surface area contributed by atoms with Gasteiger partial charge in [0.05, 0.1) is 10.6 Å². The molecule has 0 radical (unpaired) electrons. The lowest BCUT2D eigenvalue weighted by Crippen LogP contribution is -2.28. The fourth-order valence-corrected chi connectivity index (χ4v) is 4.38. The standard InChI is InChI=1S/C23H24N2O3S/c1-17-8-9-18(2)20(14-17)16-29(27,28)22-12-10-21(11-13-22)25-23(26)24-15-19-6-4-3-5-7-19/h3-14H,15-16H2,1-2H3,(H2,24,25,26). The van der Waals surface area contributed by atoms with Crippen molar-refractivity contribution in [3.05, 3.63) is 95.1 Å². The van der Waals surface area contributed by atoms with E-state index in [0.29, 0.717) is 12.2 Å². The molecule has 5 nitrogen and oxygen atoms in total. The van der Waals surface area contributed by atoms with Crippen molar-refractivity contribution < 1.29 is 13.2 Å². The molecule has 3 aromatic carbocycles. The van der Waals surface area contributed by atoms with Gasteiger partial charge in [-0.1, -0.05) is 54.1 Å². The first kappa shape index (κ1) is 20.6. The molecule has 0 bridgehead atoms. The summed E-state index contributed by atoms with van der Waals surface area (Å²) in [6.07, 6.45) is 0. The first-order valence-corrected chi connectivity index (χ1v) is 11.0. The third-order valence-corrected chi connectivity index (χ3v) is 6.30. The van der Waals surface area contributed by atoms with Gasteiger partial charge in [-0.05, 0) is 54.8 Å². The number of rotatable bonds is 6. The van der Waals surface area contributed by atoms with Crippen molar-refractivity contribution in [3.63, 3.8) is 0 Å². The van der Waals surface area contributed by atoms with Crippen molar-refractivity contribution in [2.24, 2.45) is 0 Å². The van der Waals surface area contributed by atoms with E-state index in [9.17, 15) is 13.2 Å². The number of hydrogen-bond acceptors (Lipinski definition) is 3. The zero-order valence-corrected chi connectivity index (χ0v) is 17.3. The Balaban J connectivity index is 1.63. The van der Waals surface area contributed by atoms with E-state index in [1.807, 2.05) is 62.4 Å². The number of carbonyl (C=O) groups is 1. The number of anilines is 1. The Morgan fingerprint density at radius 3 is 2.28 bits per heavy atom. The topological polar surface area (TPSA) is 75.3 Å². The van der Waals surface area contributed by atoms with Crippen molar-refractivity contribution in [1.29, 1.82) is 0 Å². The lowest BCUT2D eigenvalue weighted by atomic mass is 10.1. The summed E-state index contributed by atoms with van der Waals surface area (Å²) in [6, 6.07) is 21.3. The number of carbonyl (C=O) groups excluding carboxylic acids is 1. The van der Waals surface area contributed by atoms with Crippen LogP contribution in [0.25, 0.3) is 0 Å². The second kappa shape index (κ2) is 8.92. The quantitative estimate of drug-likeness (QED) is 0.626. The summed E-state index contributed by atoms with van der Waals surface area (Å²) >= 11 is 0. The van der Waals surface area contributed by atoms with E-state index in [4.69, 9.17) is 0 Å². The van der Waals surface area contributed by atoms with Crippen LogP contribution in [0.15, 0.2) is 77.7 Å². The Morgan fingerprint density at radius 2 is 1.59 bits per heavy atom. The summed E-state index contributed by atoms with van der Waals surface area (Å²) in [7, 11) is -3.47. The van der Waals surface area contributed by atoms with Crippen molar-refractivity contribution in [1.82, 2.24) is 5.32 Å². The molecule has 0 heterocycles. The lowest BCUT2D eigenvalue weighted by Gasteiger charge is -2.10. The van der Waals surface area contributed by atoms with Crippen LogP contribution >= 0.6 is 0 Å². The molecule has 150 valence electrons. The van der Waals surface area contributed by atoms with E-state index < -0.39 is 9.84 Å². The molecule has 3 aromatic rings. The number of nitrogens with one attached hydrogen (secondary N) is 2. The number of amides is 2. The summed E-state index contributed by atoms with van der Waals surface area (Å²) in [5.41, 5.74) is 4.30. The van der Waals surface area contributed by atoms with Crippen LogP contribution in [0.3, 0.4) is 0 Å². The Kier molecular flexibility index (Phi) is 6.34. The van der Waals surface area contributed by atoms with Gasteiger partial charge in [0.2, 0.25) is 0 Å². The summed E-state index contributed by atoms with van der Waals surface area (Å²) in [4.78, 5) is 12.3. The zero-order valence-electron chi connectivity index (χ0n) is 16.5. The zero-order chi connectivity index (χ0) is 20.9. The molecule has 0 saturated carbocycles. The summed E-state index contributed by atoms with van der Waals surface area (Å²) in [6.45, 7) is 4.26. The normalized spacial score (nSPS) is 11.1. The Labute approximate surface area is 171 Å². The molecule has 0 fully saturated rings. The molecular formula is C23H24N2O3S. The molecule has 2 amide bonds. The lowest BCUT2D eigenvalue weighted by molar-refractivity contribution is 0.251. The summed E-state index contributed by atoms with van der Waals surface area (Å²) < 4.78 is 25.5. The first-order valence-electron chi connectivity index (χ1n) is 9.31. The highest BCUT2D eigenvalue weighted by atomic mass is 32.2. The minimum atomic E-state index is -3.47. The highest BCUT2D eigenvalue weighted by molar-refractivity contribution is 7.90. The third-order valence-electron chi connectivity index (χ3n) is 4.62. The van der Waals surface area contributed by atoms with Gasteiger partial charge in [0.25, 0.3) is 0 Å². The summed E-state index contributed by atoms with van der Waals surface area (Å²) in [5, 5.41) is 5.48. The van der Waals surface area contributed by atoms with Crippen LogP contribution in [-0.4, -0.2) is 14.4 Å². The van der Waals surface area contributed by atoms with E-state index in [2.05, 4.69) is 10.6 Å². The SMILES string of the molecule is Cc1ccc(C)c(CS(=O)(=O)c2ccc(NC(=O)NCc3ccccc3)cc2)c1. The van der Waals surface area contributed by atoms with Crippen LogP contribution in [0.5, 0.6) is 0 Å². The number of aryl methyl sites for hydroxylation is 2. The van der Waals surface area contributed by atoms with Gasteiger partial charge in [0.1, 0.15) is 0 Å². The van der Waals surface area contributed by atoms with Crippen LogP contribution in [-0.2, 0) is 22.1 Å². The van der Waals surface area contributed by atoms with Gasteiger partial charge in [0.15, 0.2) is 9.84 Å². The molecular weight excluding hydrogens is 384 g/mol. The van der Waals surface area contributed by atoms with Crippen molar-refractivity contribution in [3.8, 4) is 0 Å². The molecule has 0 aliphatic heterocycles. The number of benzene rings is 3. The van der Waals surface area contributed by atoms with Gasteiger partial charge >= 0.3 is 6.03 Å². The second-order valence-electron chi connectivity index (χ2n) is 7.01. The first-order chi connectivity index (χ1) is 13.8. The Morgan fingerprint density at radius 1 is 0.897 bits per heavy atom. The highest BCUT2D eigenvalue weighted by Crippen LogP contribution is 2.21. The fraction of sp³-hybridized carbons (Fsp3) is 0.174. The van der Waals surface area contributed by atoms with Crippen LogP contribution in [0.1, 0.15) is 22.3 Å². The van der Waals surface area contributed by atoms with Crippen molar-refractivity contribution in [2.45, 2.75) is 31.0 Å². The predicted molar refractivity (Wildman–Crippen MR) is 116 cm³/mol. The molecule has 3 rings (SSSR count). The molecule has 29 heavy (non-hydrogen) atoms. The van der Waals surface area contributed by atoms with Gasteiger partial charge in [-0.2, -0.15) is 0 Å². The van der Waals surface area contributed by atoms with E-state index >= 15 is 0 Å². The van der Waals surface area contributed by atoms with E-state index in [1.165, 1.54) is 12.1 Å². The van der Waals surface area contributed by atoms with Gasteiger partial charge < -0.3 is 10.6 Å². The average molecular weight is 409 g/mol. The molecule has 0 saturated heterocycles. The minimum absolute atomic E-state index is 0.0507. The molecule has 0 aliphatic carbocycles. The minimum Gasteiger partial charge on any atom is -0.334 e. The molecule has 0 aromatic heterocycles. The molecule has 2 N–H and O–H groups in total. The van der Waals surface area contributed by atoms with Gasteiger partial charge in [-0.3, -0.25) is 0 Å². The van der Waals surface area contributed by atoms with E-state index in [-0.39, 0.29) is 16.7 Å². The maximum Gasteiger partial charge on any atom is 0.319 e. The Hall–Kier alpha value is -3.12. The van der Waals surface area contributed by atoms with Crippen LogP contribution in [0.2, 0.25) is 0 Å². The second-order valence-corrected chi connectivity index (χ2v) is 9.00. The summed E-state index contributed by atoms with van der Waals surface area (Å²) in [5.74, 6) is -0.0507. The van der Waals surface area contributed by atoms with Gasteiger partial charge in [0, 0.05) is 12.2 Å². The average Bonchev–Trinajstić information content (AvgIpc) is 2.70. The molecule has 0 atom stereocenters. The third kappa shape index (κ3) is 5.68. The van der Waals surface area contributed by atoms with E-state index in [0.717, 1.165) is 22.3 Å². The smallest absolute Gasteiger partial charge is 0.319 e. The molecule has 6 heteroatoms. The highest BCUT2D eigenvalue weighted by Gasteiger charge is 2.17. The van der Waals surface area contributed by atoms with Crippen LogP contribution in [0.4, 0.5) is 10.5 Å². The molecule has 0 spiro atoms. The Bertz CT molecular complexity index is 1090. The maximum atomic E-state index is 12.8. The fourth-order valence-electron chi connectivity index (χ4n) is 2.94.